The predicted molar refractivity (Wildman–Crippen MR) is 119 cm³/mol. The Morgan fingerprint density at radius 3 is 2.63 bits per heavy atom. The van der Waals surface area contributed by atoms with Crippen molar-refractivity contribution in [2.75, 3.05) is 33.3 Å². The van der Waals surface area contributed by atoms with Crippen LogP contribution in [0.25, 0.3) is 0 Å². The van der Waals surface area contributed by atoms with Crippen LogP contribution in [0.3, 0.4) is 0 Å². The maximum atomic E-state index is 12.5. The molecule has 1 aliphatic rings. The first-order chi connectivity index (χ1) is 14.2. The minimum absolute atomic E-state index is 0.134. The average molecular weight is 450 g/mol. The molecule has 0 radical (unpaired) electrons. The summed E-state index contributed by atoms with van der Waals surface area (Å²) in [4.78, 5) is 26.7. The van der Waals surface area contributed by atoms with E-state index >= 15 is 0 Å². The van der Waals surface area contributed by atoms with Crippen molar-refractivity contribution in [1.29, 1.82) is 0 Å². The summed E-state index contributed by atoms with van der Waals surface area (Å²) in [6.45, 7) is 3.88. The zero-order valence-electron chi connectivity index (χ0n) is 17.3. The third-order valence-electron chi connectivity index (χ3n) is 4.61. The lowest BCUT2D eigenvalue weighted by atomic mass is 10.1. The number of fused-ring (bicyclic) bond motifs is 1. The summed E-state index contributed by atoms with van der Waals surface area (Å²) in [5.74, 6) is 0.675. The maximum absolute atomic E-state index is 12.5. The van der Waals surface area contributed by atoms with Gasteiger partial charge in [-0.3, -0.25) is 4.79 Å². The summed E-state index contributed by atoms with van der Waals surface area (Å²) in [5.41, 5.74) is 1.81. The maximum Gasteiger partial charge on any atom is 0.341 e. The van der Waals surface area contributed by atoms with E-state index in [2.05, 4.69) is 10.6 Å². The van der Waals surface area contributed by atoms with Crippen molar-refractivity contribution >= 4 is 45.5 Å². The number of carbonyl (C=O) groups excluding carboxylic acids is 2. The van der Waals surface area contributed by atoms with Crippen LogP contribution in [0, 0.1) is 6.92 Å². The van der Waals surface area contributed by atoms with Gasteiger partial charge in [-0.25, -0.2) is 4.79 Å². The second kappa shape index (κ2) is 8.88. The molecule has 2 heterocycles. The summed E-state index contributed by atoms with van der Waals surface area (Å²) in [7, 11) is 4.62. The van der Waals surface area contributed by atoms with Gasteiger partial charge in [-0.15, -0.1) is 11.3 Å². The molecule has 0 saturated carbocycles. The summed E-state index contributed by atoms with van der Waals surface area (Å²) in [5, 5.41) is 7.00. The molecule has 2 N–H and O–H groups in total. The Balaban J connectivity index is 1.79. The molecule has 1 aromatic carbocycles. The van der Waals surface area contributed by atoms with Gasteiger partial charge < -0.3 is 29.7 Å². The lowest BCUT2D eigenvalue weighted by molar-refractivity contribution is 0.0601. The van der Waals surface area contributed by atoms with Gasteiger partial charge in [0.1, 0.15) is 5.00 Å². The molecule has 0 aliphatic carbocycles. The molecule has 0 unspecified atom stereocenters. The number of rotatable bonds is 5. The van der Waals surface area contributed by atoms with Gasteiger partial charge in [0.15, 0.2) is 16.6 Å². The van der Waals surface area contributed by atoms with Crippen LogP contribution in [0.1, 0.15) is 44.1 Å². The summed E-state index contributed by atoms with van der Waals surface area (Å²) >= 11 is 6.61. The number of anilines is 1. The summed E-state index contributed by atoms with van der Waals surface area (Å²) in [6.07, 6.45) is 0. The van der Waals surface area contributed by atoms with Gasteiger partial charge in [0.2, 0.25) is 6.79 Å². The molecule has 2 aromatic rings. The highest BCUT2D eigenvalue weighted by atomic mass is 32.1. The van der Waals surface area contributed by atoms with E-state index in [1.807, 2.05) is 25.1 Å². The summed E-state index contributed by atoms with van der Waals surface area (Å²) < 4.78 is 15.7. The second-order valence-electron chi connectivity index (χ2n) is 6.88. The number of hydrogen-bond acceptors (Lipinski definition) is 7. The Labute approximate surface area is 184 Å². The number of nitrogens with zero attached hydrogens (tertiary/aromatic N) is 1. The SMILES string of the molecule is COC(=O)c1c(NC(=S)N[C@H](C)c2ccc3c(c2)OCO3)sc(C(=O)N(C)C)c1C. The van der Waals surface area contributed by atoms with Gasteiger partial charge in [0.05, 0.1) is 23.6 Å². The van der Waals surface area contributed by atoms with Crippen molar-refractivity contribution in [2.45, 2.75) is 19.9 Å². The molecule has 0 bridgehead atoms. The molecule has 1 aliphatic heterocycles. The van der Waals surface area contributed by atoms with Crippen molar-refractivity contribution in [3.05, 3.63) is 39.8 Å². The fraction of sp³-hybridized carbons (Fsp3) is 0.350. The van der Waals surface area contributed by atoms with Gasteiger partial charge in [-0.1, -0.05) is 6.07 Å². The van der Waals surface area contributed by atoms with E-state index in [1.165, 1.54) is 23.3 Å². The van der Waals surface area contributed by atoms with E-state index in [1.54, 1.807) is 21.0 Å². The zero-order valence-corrected chi connectivity index (χ0v) is 19.0. The number of esters is 1. The van der Waals surface area contributed by atoms with E-state index in [0.29, 0.717) is 37.6 Å². The minimum atomic E-state index is -0.532. The standard InChI is InChI=1S/C20H23N3O5S2/c1-10-15(19(25)26-5)17(30-16(10)18(24)23(3)4)22-20(29)21-11(2)12-6-7-13-14(8-12)28-9-27-13/h6-8,11H,9H2,1-5H3,(H2,21,22,29)/t11-/m1/s1. The van der Waals surface area contributed by atoms with Crippen molar-refractivity contribution in [3.63, 3.8) is 0 Å². The molecule has 0 spiro atoms. The number of methoxy groups -OCH3 is 1. The molecule has 30 heavy (non-hydrogen) atoms. The van der Waals surface area contributed by atoms with Crippen LogP contribution >= 0.6 is 23.6 Å². The first kappa shape index (κ1) is 21.8. The van der Waals surface area contributed by atoms with Crippen molar-refractivity contribution < 1.29 is 23.8 Å². The minimum Gasteiger partial charge on any atom is -0.465 e. The van der Waals surface area contributed by atoms with Crippen LogP contribution in [-0.2, 0) is 4.74 Å². The quantitative estimate of drug-likeness (QED) is 0.531. The normalized spacial score (nSPS) is 12.8. The number of carbonyl (C=O) groups is 2. The van der Waals surface area contributed by atoms with Crippen LogP contribution in [0.4, 0.5) is 5.00 Å². The Morgan fingerprint density at radius 1 is 1.27 bits per heavy atom. The van der Waals surface area contributed by atoms with E-state index in [0.717, 1.165) is 5.56 Å². The molecule has 8 nitrogen and oxygen atoms in total. The van der Waals surface area contributed by atoms with Gasteiger partial charge >= 0.3 is 5.97 Å². The van der Waals surface area contributed by atoms with Crippen molar-refractivity contribution in [3.8, 4) is 11.5 Å². The van der Waals surface area contributed by atoms with E-state index < -0.39 is 5.97 Å². The van der Waals surface area contributed by atoms with E-state index in [-0.39, 0.29) is 18.7 Å². The Hall–Kier alpha value is -2.85. The largest absolute Gasteiger partial charge is 0.465 e. The Kier molecular flexibility index (Phi) is 6.47. The van der Waals surface area contributed by atoms with Gasteiger partial charge in [-0.05, 0) is 49.3 Å². The number of ether oxygens (including phenoxy) is 3. The first-order valence-electron chi connectivity index (χ1n) is 9.13. The van der Waals surface area contributed by atoms with Gasteiger partial charge in [-0.2, -0.15) is 0 Å². The average Bonchev–Trinajstić information content (AvgIpc) is 3.30. The fourth-order valence-electron chi connectivity index (χ4n) is 2.96. The number of nitrogens with one attached hydrogen (secondary N) is 2. The highest BCUT2D eigenvalue weighted by Crippen LogP contribution is 2.35. The predicted octanol–water partition coefficient (Wildman–Crippen LogP) is 3.32. The smallest absolute Gasteiger partial charge is 0.341 e. The van der Waals surface area contributed by atoms with E-state index in [9.17, 15) is 9.59 Å². The van der Waals surface area contributed by atoms with Crippen molar-refractivity contribution in [1.82, 2.24) is 10.2 Å². The third kappa shape index (κ3) is 4.34. The van der Waals surface area contributed by atoms with Crippen LogP contribution < -0.4 is 20.1 Å². The Bertz CT molecular complexity index is 1000. The number of benzene rings is 1. The highest BCUT2D eigenvalue weighted by molar-refractivity contribution is 7.80. The number of hydrogen-bond donors (Lipinski definition) is 2. The van der Waals surface area contributed by atoms with Gasteiger partial charge in [0.25, 0.3) is 5.91 Å². The first-order valence-corrected chi connectivity index (χ1v) is 10.4. The molecule has 1 amide bonds. The van der Waals surface area contributed by atoms with Crippen LogP contribution in [-0.4, -0.2) is 49.9 Å². The molecule has 10 heteroatoms. The number of amides is 1. The van der Waals surface area contributed by atoms with Gasteiger partial charge in [0, 0.05) is 14.1 Å². The lowest BCUT2D eigenvalue weighted by Gasteiger charge is -2.17. The highest BCUT2D eigenvalue weighted by Gasteiger charge is 2.27. The number of thiophene rings is 1. The topological polar surface area (TPSA) is 89.1 Å². The molecule has 1 atom stereocenters. The molecule has 0 saturated heterocycles. The lowest BCUT2D eigenvalue weighted by Crippen LogP contribution is -2.31. The fourth-order valence-corrected chi connectivity index (χ4v) is 4.52. The molecular weight excluding hydrogens is 426 g/mol. The number of thiocarbonyl (C=S) groups is 1. The molecule has 0 fully saturated rings. The molecule has 160 valence electrons. The van der Waals surface area contributed by atoms with Crippen LogP contribution in [0.2, 0.25) is 0 Å². The zero-order chi connectivity index (χ0) is 22.0. The monoisotopic (exact) mass is 449 g/mol. The van der Waals surface area contributed by atoms with Crippen molar-refractivity contribution in [2.24, 2.45) is 0 Å². The van der Waals surface area contributed by atoms with Crippen LogP contribution in [0.5, 0.6) is 11.5 Å². The van der Waals surface area contributed by atoms with Crippen LogP contribution in [0.15, 0.2) is 18.2 Å². The third-order valence-corrected chi connectivity index (χ3v) is 6.02. The molecule has 3 rings (SSSR count). The second-order valence-corrected chi connectivity index (χ2v) is 8.31. The van der Waals surface area contributed by atoms with E-state index in [4.69, 9.17) is 26.4 Å². The summed E-state index contributed by atoms with van der Waals surface area (Å²) in [6, 6.07) is 5.54. The molecule has 1 aromatic heterocycles. The molecular formula is C20H23N3O5S2. The Morgan fingerprint density at radius 2 is 1.97 bits per heavy atom.